The van der Waals surface area contributed by atoms with Gasteiger partial charge in [-0.25, -0.2) is 9.97 Å². The molecule has 1 saturated carbocycles. The molecule has 1 unspecified atom stereocenters. The average Bonchev–Trinajstić information content (AvgIpc) is 3.62. The number of carbonyl (C=O) groups excluding carboxylic acids is 2. The van der Waals surface area contributed by atoms with Crippen molar-refractivity contribution in [2.24, 2.45) is 5.92 Å². The van der Waals surface area contributed by atoms with Gasteiger partial charge in [-0.15, -0.1) is 0 Å². The summed E-state index contributed by atoms with van der Waals surface area (Å²) >= 11 is 0. The minimum Gasteiger partial charge on any atom is -0.382 e. The summed E-state index contributed by atoms with van der Waals surface area (Å²) in [6.07, 6.45) is 6.18. The lowest BCUT2D eigenvalue weighted by Crippen LogP contribution is -2.46. The fourth-order valence-corrected chi connectivity index (χ4v) is 4.07. The predicted octanol–water partition coefficient (Wildman–Crippen LogP) is 1.96. The first kappa shape index (κ1) is 24.5. The summed E-state index contributed by atoms with van der Waals surface area (Å²) in [7, 11) is 3.30. The second-order valence-electron chi connectivity index (χ2n) is 9.20. The fourth-order valence-electron chi connectivity index (χ4n) is 4.07. The summed E-state index contributed by atoms with van der Waals surface area (Å²) in [5.74, 6) is -0.128. The lowest BCUT2D eigenvalue weighted by atomic mass is 9.76. The zero-order valence-corrected chi connectivity index (χ0v) is 20.3. The van der Waals surface area contributed by atoms with Crippen LogP contribution in [0.25, 0.3) is 11.3 Å². The topological polar surface area (TPSA) is 167 Å². The Morgan fingerprint density at radius 1 is 1.28 bits per heavy atom. The van der Waals surface area contributed by atoms with E-state index in [0.29, 0.717) is 11.3 Å². The van der Waals surface area contributed by atoms with E-state index in [4.69, 9.17) is 11.1 Å². The number of aromatic nitrogens is 4. The quantitative estimate of drug-likeness (QED) is 0.340. The molecule has 0 aliphatic heterocycles. The highest BCUT2D eigenvalue weighted by atomic mass is 16.2. The number of carbonyl (C=O) groups is 2. The molecule has 0 saturated heterocycles. The van der Waals surface area contributed by atoms with E-state index in [-0.39, 0.29) is 41.3 Å². The molecule has 2 amide bonds. The number of nitriles is 1. The summed E-state index contributed by atoms with van der Waals surface area (Å²) in [6.45, 7) is 1.97. The van der Waals surface area contributed by atoms with Crippen LogP contribution in [-0.4, -0.2) is 56.4 Å². The number of likely N-dealkylation sites (N-methyl/N-ethyl adjacent to an activating group) is 1. The van der Waals surface area contributed by atoms with Gasteiger partial charge in [0, 0.05) is 25.9 Å². The highest BCUT2D eigenvalue weighted by molar-refractivity contribution is 6.08. The van der Waals surface area contributed by atoms with Crippen molar-refractivity contribution < 1.29 is 9.59 Å². The SMILES string of the molecule is CN(C)C(=O)Cn1cc(C(=O)NC(=N)C(C)(c2ccc(-c3ncc(N)nc3C#N)cc2)C2CC2)cn1. The molecule has 1 aliphatic rings. The molecular weight excluding hydrogens is 458 g/mol. The lowest BCUT2D eigenvalue weighted by molar-refractivity contribution is -0.129. The molecule has 4 N–H and O–H groups in total. The maximum atomic E-state index is 12.9. The van der Waals surface area contributed by atoms with E-state index in [0.717, 1.165) is 18.4 Å². The maximum absolute atomic E-state index is 12.9. The van der Waals surface area contributed by atoms with Gasteiger partial charge in [0.1, 0.15) is 30.0 Å². The Kier molecular flexibility index (Phi) is 6.53. The van der Waals surface area contributed by atoms with Gasteiger partial charge in [-0.2, -0.15) is 10.4 Å². The van der Waals surface area contributed by atoms with Gasteiger partial charge in [0.15, 0.2) is 5.69 Å². The van der Waals surface area contributed by atoms with Crippen LogP contribution in [-0.2, 0) is 16.8 Å². The normalized spacial score (nSPS) is 14.4. The van der Waals surface area contributed by atoms with Gasteiger partial charge in [-0.3, -0.25) is 19.7 Å². The molecule has 2 heterocycles. The summed E-state index contributed by atoms with van der Waals surface area (Å²) in [5, 5.41) is 25.0. The van der Waals surface area contributed by atoms with Crippen molar-refractivity contribution in [2.75, 3.05) is 19.8 Å². The summed E-state index contributed by atoms with van der Waals surface area (Å²) in [6, 6.07) is 9.45. The van der Waals surface area contributed by atoms with Gasteiger partial charge >= 0.3 is 0 Å². The van der Waals surface area contributed by atoms with Crippen molar-refractivity contribution in [1.82, 2.24) is 30.0 Å². The Morgan fingerprint density at radius 3 is 2.58 bits per heavy atom. The fraction of sp³-hybridized carbons (Fsp3) is 0.320. The number of amidine groups is 1. The highest BCUT2D eigenvalue weighted by Gasteiger charge is 2.46. The molecule has 4 rings (SSSR count). The van der Waals surface area contributed by atoms with Crippen LogP contribution in [0.2, 0.25) is 0 Å². The molecular formula is C25H27N9O2. The minimum atomic E-state index is -0.712. The number of nitrogens with two attached hydrogens (primary N) is 1. The van der Waals surface area contributed by atoms with Gasteiger partial charge < -0.3 is 16.0 Å². The number of benzene rings is 1. The first-order chi connectivity index (χ1) is 17.1. The molecule has 36 heavy (non-hydrogen) atoms. The first-order valence-electron chi connectivity index (χ1n) is 11.4. The van der Waals surface area contributed by atoms with E-state index < -0.39 is 11.3 Å². The van der Waals surface area contributed by atoms with Crippen molar-refractivity contribution in [3.8, 4) is 17.3 Å². The lowest BCUT2D eigenvalue weighted by Gasteiger charge is -2.31. The maximum Gasteiger partial charge on any atom is 0.259 e. The van der Waals surface area contributed by atoms with Gasteiger partial charge in [0.2, 0.25) is 5.91 Å². The van der Waals surface area contributed by atoms with Crippen LogP contribution in [0.15, 0.2) is 42.9 Å². The van der Waals surface area contributed by atoms with E-state index in [9.17, 15) is 14.9 Å². The number of hydrogen-bond acceptors (Lipinski definition) is 8. The van der Waals surface area contributed by atoms with E-state index in [1.165, 1.54) is 28.2 Å². The molecule has 0 radical (unpaired) electrons. The molecule has 0 bridgehead atoms. The minimum absolute atomic E-state index is 0.0236. The van der Waals surface area contributed by atoms with E-state index in [1.54, 1.807) is 14.1 Å². The number of nitrogen functional groups attached to an aromatic ring is 1. The van der Waals surface area contributed by atoms with Crippen LogP contribution < -0.4 is 11.1 Å². The Morgan fingerprint density at radius 2 is 1.97 bits per heavy atom. The molecule has 11 nitrogen and oxygen atoms in total. The third-order valence-corrected chi connectivity index (χ3v) is 6.50. The van der Waals surface area contributed by atoms with E-state index in [2.05, 4.69) is 20.4 Å². The van der Waals surface area contributed by atoms with Crippen LogP contribution >= 0.6 is 0 Å². The van der Waals surface area contributed by atoms with Crippen molar-refractivity contribution in [3.05, 3.63) is 59.7 Å². The van der Waals surface area contributed by atoms with Crippen molar-refractivity contribution in [3.63, 3.8) is 0 Å². The number of amides is 2. The Labute approximate surface area is 208 Å². The van der Waals surface area contributed by atoms with Crippen molar-refractivity contribution in [2.45, 2.75) is 31.7 Å². The van der Waals surface area contributed by atoms with Crippen LogP contribution in [0.1, 0.15) is 41.4 Å². The van der Waals surface area contributed by atoms with Crippen molar-refractivity contribution >= 4 is 23.5 Å². The number of nitrogens with zero attached hydrogens (tertiary/aromatic N) is 6. The molecule has 1 aliphatic carbocycles. The number of anilines is 1. The summed E-state index contributed by atoms with van der Waals surface area (Å²) < 4.78 is 1.40. The van der Waals surface area contributed by atoms with Crippen LogP contribution in [0, 0.1) is 22.7 Å². The van der Waals surface area contributed by atoms with Gasteiger partial charge in [-0.05, 0) is 31.2 Å². The molecule has 11 heteroatoms. The molecule has 1 atom stereocenters. The number of nitrogens with one attached hydrogen (secondary N) is 2. The largest absolute Gasteiger partial charge is 0.382 e. The average molecular weight is 486 g/mol. The molecule has 1 fully saturated rings. The van der Waals surface area contributed by atoms with Gasteiger partial charge in [0.25, 0.3) is 5.91 Å². The first-order valence-corrected chi connectivity index (χ1v) is 11.4. The van der Waals surface area contributed by atoms with Gasteiger partial charge in [-0.1, -0.05) is 24.3 Å². The smallest absolute Gasteiger partial charge is 0.259 e. The standard InChI is InChI=1S/C25H27N9O2/c1-25(18-8-9-18,17-6-4-15(5-7-17)22-19(10-26)31-20(27)12-29-22)24(28)32-23(36)16-11-30-34(13-16)14-21(35)33(2)3/h4-7,11-13,18H,8-9,14H2,1-3H3,(H2,27,31)(H2,28,32,36). The Balaban J connectivity index is 1.53. The predicted molar refractivity (Wildman–Crippen MR) is 133 cm³/mol. The molecule has 184 valence electrons. The Hall–Kier alpha value is -4.59. The van der Waals surface area contributed by atoms with Crippen LogP contribution in [0.5, 0.6) is 0 Å². The second-order valence-corrected chi connectivity index (χ2v) is 9.20. The summed E-state index contributed by atoms with van der Waals surface area (Å²) in [4.78, 5) is 34.5. The van der Waals surface area contributed by atoms with Gasteiger partial charge in [0.05, 0.1) is 23.4 Å². The highest BCUT2D eigenvalue weighted by Crippen LogP contribution is 2.48. The zero-order valence-electron chi connectivity index (χ0n) is 20.3. The third kappa shape index (κ3) is 4.79. The Bertz CT molecular complexity index is 1370. The number of hydrogen-bond donors (Lipinski definition) is 3. The molecule has 1 aromatic carbocycles. The molecule has 2 aromatic heterocycles. The third-order valence-electron chi connectivity index (χ3n) is 6.50. The second kappa shape index (κ2) is 9.58. The van der Waals surface area contributed by atoms with Crippen LogP contribution in [0.4, 0.5) is 5.82 Å². The van der Waals surface area contributed by atoms with E-state index in [1.807, 2.05) is 37.3 Å². The van der Waals surface area contributed by atoms with Crippen molar-refractivity contribution in [1.29, 1.82) is 10.7 Å². The van der Waals surface area contributed by atoms with Crippen LogP contribution in [0.3, 0.4) is 0 Å². The van der Waals surface area contributed by atoms with E-state index >= 15 is 0 Å². The summed E-state index contributed by atoms with van der Waals surface area (Å²) in [5.41, 5.74) is 7.35. The monoisotopic (exact) mass is 485 g/mol. The zero-order chi connectivity index (χ0) is 26.0. The number of rotatable bonds is 7. The molecule has 0 spiro atoms. The molecule has 3 aromatic rings.